The maximum Gasteiger partial charge on any atom is 0.118 e. The van der Waals surface area contributed by atoms with Crippen molar-refractivity contribution in [1.29, 1.82) is 0 Å². The minimum absolute atomic E-state index is 0.137. The molecule has 2 nitrogen and oxygen atoms in total. The molecule has 0 saturated heterocycles. The zero-order valence-electron chi connectivity index (χ0n) is 9.71. The second-order valence-electron chi connectivity index (χ2n) is 5.03. The Bertz CT molecular complexity index is 344. The number of ether oxygens (including phenoxy) is 1. The van der Waals surface area contributed by atoms with E-state index in [0.29, 0.717) is 0 Å². The third-order valence-electron chi connectivity index (χ3n) is 3.63. The van der Waals surface area contributed by atoms with Crippen LogP contribution in [0, 0.1) is 0 Å². The van der Waals surface area contributed by atoms with Gasteiger partial charge in [0.05, 0.1) is 7.11 Å². The molecule has 1 aromatic carbocycles. The van der Waals surface area contributed by atoms with Gasteiger partial charge in [0.15, 0.2) is 0 Å². The van der Waals surface area contributed by atoms with Crippen LogP contribution in [0.3, 0.4) is 0 Å². The standard InChI is InChI=1S/C13H19NO/c1-12(2,14)13(8-9-13)10-4-6-11(15-3)7-5-10/h4-7H,8-9,14H2,1-3H3. The van der Waals surface area contributed by atoms with Crippen molar-refractivity contribution in [2.75, 3.05) is 7.11 Å². The van der Waals surface area contributed by atoms with Gasteiger partial charge in [0.1, 0.15) is 5.75 Å². The third-order valence-corrected chi connectivity index (χ3v) is 3.63. The van der Waals surface area contributed by atoms with Crippen LogP contribution in [0.1, 0.15) is 32.3 Å². The first-order valence-electron chi connectivity index (χ1n) is 5.43. The van der Waals surface area contributed by atoms with Crippen LogP contribution in [0.5, 0.6) is 5.75 Å². The van der Waals surface area contributed by atoms with E-state index in [1.54, 1.807) is 7.11 Å². The minimum Gasteiger partial charge on any atom is -0.497 e. The van der Waals surface area contributed by atoms with Crippen LogP contribution >= 0.6 is 0 Å². The molecule has 0 bridgehead atoms. The molecule has 0 radical (unpaired) electrons. The molecule has 2 N–H and O–H groups in total. The Morgan fingerprint density at radius 3 is 2.07 bits per heavy atom. The quantitative estimate of drug-likeness (QED) is 0.822. The molecule has 82 valence electrons. The van der Waals surface area contributed by atoms with Crippen LogP contribution in [0.2, 0.25) is 0 Å². The van der Waals surface area contributed by atoms with Crippen LogP contribution in [0.15, 0.2) is 24.3 Å². The summed E-state index contributed by atoms with van der Waals surface area (Å²) in [6.07, 6.45) is 2.39. The second kappa shape index (κ2) is 3.24. The van der Waals surface area contributed by atoms with Gasteiger partial charge in [-0.15, -0.1) is 0 Å². The van der Waals surface area contributed by atoms with Crippen LogP contribution in [-0.4, -0.2) is 12.6 Å². The Kier molecular flexibility index (Phi) is 2.27. The van der Waals surface area contributed by atoms with E-state index in [1.807, 2.05) is 12.1 Å². The third kappa shape index (κ3) is 1.63. The van der Waals surface area contributed by atoms with Gasteiger partial charge in [0, 0.05) is 11.0 Å². The van der Waals surface area contributed by atoms with Gasteiger partial charge < -0.3 is 10.5 Å². The molecule has 0 heterocycles. The van der Waals surface area contributed by atoms with Gasteiger partial charge in [0.2, 0.25) is 0 Å². The summed E-state index contributed by atoms with van der Waals surface area (Å²) in [6, 6.07) is 8.31. The first-order chi connectivity index (χ1) is 6.99. The molecule has 1 aromatic rings. The van der Waals surface area contributed by atoms with Gasteiger partial charge in [-0.3, -0.25) is 0 Å². The molecule has 2 heteroatoms. The lowest BCUT2D eigenvalue weighted by Crippen LogP contribution is -2.45. The number of hydrogen-bond acceptors (Lipinski definition) is 2. The molecule has 1 fully saturated rings. The van der Waals surface area contributed by atoms with Crippen LogP contribution in [0.4, 0.5) is 0 Å². The van der Waals surface area contributed by atoms with Crippen molar-refractivity contribution in [3.05, 3.63) is 29.8 Å². The Morgan fingerprint density at radius 1 is 1.20 bits per heavy atom. The van der Waals surface area contributed by atoms with Gasteiger partial charge in [-0.25, -0.2) is 0 Å². The van der Waals surface area contributed by atoms with E-state index in [9.17, 15) is 0 Å². The Balaban J connectivity index is 2.30. The number of benzene rings is 1. The number of hydrogen-bond donors (Lipinski definition) is 1. The average Bonchev–Trinajstić information content (AvgIpc) is 2.98. The van der Waals surface area contributed by atoms with Crippen molar-refractivity contribution < 1.29 is 4.74 Å². The zero-order valence-corrected chi connectivity index (χ0v) is 9.71. The first-order valence-corrected chi connectivity index (χ1v) is 5.43. The zero-order chi connectivity index (χ0) is 11.1. The second-order valence-corrected chi connectivity index (χ2v) is 5.03. The van der Waals surface area contributed by atoms with Crippen LogP contribution in [-0.2, 0) is 5.41 Å². The van der Waals surface area contributed by atoms with Crippen molar-refractivity contribution in [3.63, 3.8) is 0 Å². The molecule has 1 aliphatic rings. The molecular weight excluding hydrogens is 186 g/mol. The summed E-state index contributed by atoms with van der Waals surface area (Å²) >= 11 is 0. The molecule has 1 aliphatic carbocycles. The lowest BCUT2D eigenvalue weighted by molar-refractivity contribution is 0.389. The smallest absolute Gasteiger partial charge is 0.118 e. The molecule has 0 unspecified atom stereocenters. The summed E-state index contributed by atoms with van der Waals surface area (Å²) in [4.78, 5) is 0. The summed E-state index contributed by atoms with van der Waals surface area (Å²) in [5.41, 5.74) is 7.65. The lowest BCUT2D eigenvalue weighted by atomic mass is 9.79. The lowest BCUT2D eigenvalue weighted by Gasteiger charge is -2.31. The first kappa shape index (κ1) is 10.5. The Labute approximate surface area is 91.4 Å². The van der Waals surface area contributed by atoms with Crippen LogP contribution in [0.25, 0.3) is 0 Å². The fourth-order valence-corrected chi connectivity index (χ4v) is 2.34. The molecule has 1 saturated carbocycles. The van der Waals surface area contributed by atoms with E-state index in [-0.39, 0.29) is 11.0 Å². The van der Waals surface area contributed by atoms with E-state index in [4.69, 9.17) is 10.5 Å². The highest BCUT2D eigenvalue weighted by molar-refractivity contribution is 5.39. The molecule has 0 spiro atoms. The highest BCUT2D eigenvalue weighted by Crippen LogP contribution is 2.54. The van der Waals surface area contributed by atoms with Crippen molar-refractivity contribution in [1.82, 2.24) is 0 Å². The summed E-state index contributed by atoms with van der Waals surface area (Å²) in [6.45, 7) is 4.23. The Morgan fingerprint density at radius 2 is 1.73 bits per heavy atom. The molecule has 0 amide bonds. The van der Waals surface area contributed by atoms with Gasteiger partial charge in [-0.1, -0.05) is 12.1 Å². The molecule has 0 aliphatic heterocycles. The van der Waals surface area contributed by atoms with E-state index in [1.165, 1.54) is 18.4 Å². The number of rotatable bonds is 3. The molecule has 0 aromatic heterocycles. The molecule has 0 atom stereocenters. The maximum atomic E-state index is 6.25. The van der Waals surface area contributed by atoms with Gasteiger partial charge in [0.25, 0.3) is 0 Å². The summed E-state index contributed by atoms with van der Waals surface area (Å²) in [5.74, 6) is 0.907. The van der Waals surface area contributed by atoms with E-state index < -0.39 is 0 Å². The molecule has 2 rings (SSSR count). The van der Waals surface area contributed by atoms with E-state index in [2.05, 4.69) is 26.0 Å². The van der Waals surface area contributed by atoms with Crippen molar-refractivity contribution in [2.24, 2.45) is 5.73 Å². The molecular formula is C13H19NO. The normalized spacial score (nSPS) is 18.7. The summed E-state index contributed by atoms with van der Waals surface area (Å²) in [7, 11) is 1.69. The van der Waals surface area contributed by atoms with Gasteiger partial charge in [-0.2, -0.15) is 0 Å². The maximum absolute atomic E-state index is 6.25. The van der Waals surface area contributed by atoms with E-state index >= 15 is 0 Å². The molecule has 15 heavy (non-hydrogen) atoms. The predicted molar refractivity (Wildman–Crippen MR) is 62.2 cm³/mol. The van der Waals surface area contributed by atoms with Crippen molar-refractivity contribution >= 4 is 0 Å². The summed E-state index contributed by atoms with van der Waals surface area (Å²) in [5, 5.41) is 0. The average molecular weight is 205 g/mol. The highest BCUT2D eigenvalue weighted by atomic mass is 16.5. The predicted octanol–water partition coefficient (Wildman–Crippen LogP) is 2.46. The fraction of sp³-hybridized carbons (Fsp3) is 0.538. The van der Waals surface area contributed by atoms with Gasteiger partial charge >= 0.3 is 0 Å². The summed E-state index contributed by atoms with van der Waals surface area (Å²) < 4.78 is 5.16. The van der Waals surface area contributed by atoms with Gasteiger partial charge in [-0.05, 0) is 44.4 Å². The van der Waals surface area contributed by atoms with E-state index in [0.717, 1.165) is 5.75 Å². The number of methoxy groups -OCH3 is 1. The highest BCUT2D eigenvalue weighted by Gasteiger charge is 2.53. The minimum atomic E-state index is -0.137. The number of nitrogens with two attached hydrogens (primary N) is 1. The SMILES string of the molecule is COc1ccc(C2(C(C)(C)N)CC2)cc1. The van der Waals surface area contributed by atoms with Crippen molar-refractivity contribution in [3.8, 4) is 5.75 Å². The van der Waals surface area contributed by atoms with Crippen molar-refractivity contribution in [2.45, 2.75) is 37.6 Å². The largest absolute Gasteiger partial charge is 0.497 e. The monoisotopic (exact) mass is 205 g/mol. The van der Waals surface area contributed by atoms with Crippen LogP contribution < -0.4 is 10.5 Å². The Hall–Kier alpha value is -1.02. The fourth-order valence-electron chi connectivity index (χ4n) is 2.34. The topological polar surface area (TPSA) is 35.2 Å².